The normalized spacial score (nSPS) is 12.2. The lowest BCUT2D eigenvalue weighted by molar-refractivity contribution is -0.138. The van der Waals surface area contributed by atoms with Gasteiger partial charge in [0.15, 0.2) is 11.6 Å². The second-order valence-corrected chi connectivity index (χ2v) is 3.47. The Bertz CT molecular complexity index is 518. The number of hydrogen-bond donors (Lipinski definition) is 3. The van der Waals surface area contributed by atoms with Gasteiger partial charge in [0.25, 0.3) is 0 Å². The van der Waals surface area contributed by atoms with Crippen LogP contribution in [0.4, 0.5) is 13.2 Å². The van der Waals surface area contributed by atoms with E-state index >= 15 is 0 Å². The molecular formula is C10H8F3NO4. The first-order chi connectivity index (χ1) is 8.25. The number of carboxylic acid groups (broad SMARTS) is 2. The Morgan fingerprint density at radius 1 is 1.22 bits per heavy atom. The van der Waals surface area contributed by atoms with Gasteiger partial charge in [-0.1, -0.05) is 0 Å². The van der Waals surface area contributed by atoms with Crippen LogP contribution in [0.2, 0.25) is 0 Å². The largest absolute Gasteiger partial charge is 0.480 e. The molecule has 1 aromatic carbocycles. The Labute approximate surface area is 98.6 Å². The van der Waals surface area contributed by atoms with E-state index in [1.54, 1.807) is 0 Å². The summed E-state index contributed by atoms with van der Waals surface area (Å²) in [5, 5.41) is 17.0. The summed E-state index contributed by atoms with van der Waals surface area (Å²) in [6, 6.07) is -1.13. The van der Waals surface area contributed by atoms with Crippen LogP contribution in [-0.2, 0) is 11.2 Å². The summed E-state index contributed by atoms with van der Waals surface area (Å²) in [6.07, 6.45) is -0.658. The molecule has 1 unspecified atom stereocenters. The number of carbonyl (C=O) groups is 2. The first kappa shape index (κ1) is 14.0. The van der Waals surface area contributed by atoms with Crippen LogP contribution in [0.1, 0.15) is 15.9 Å². The molecule has 1 rings (SSSR count). The maximum atomic E-state index is 13.4. The van der Waals surface area contributed by atoms with Crippen LogP contribution in [0.3, 0.4) is 0 Å². The molecule has 0 amide bonds. The fourth-order valence-electron chi connectivity index (χ4n) is 1.31. The Morgan fingerprint density at radius 3 is 2.22 bits per heavy atom. The van der Waals surface area contributed by atoms with Gasteiger partial charge in [0, 0.05) is 6.42 Å². The summed E-state index contributed by atoms with van der Waals surface area (Å²) < 4.78 is 39.8. The van der Waals surface area contributed by atoms with E-state index in [0.29, 0.717) is 6.07 Å². The number of aliphatic carboxylic acids is 1. The van der Waals surface area contributed by atoms with E-state index < -0.39 is 53.0 Å². The molecule has 0 fully saturated rings. The third kappa shape index (κ3) is 2.59. The monoisotopic (exact) mass is 263 g/mol. The highest BCUT2D eigenvalue weighted by Crippen LogP contribution is 2.21. The minimum Gasteiger partial charge on any atom is -0.480 e. The van der Waals surface area contributed by atoms with E-state index in [1.807, 2.05) is 0 Å². The van der Waals surface area contributed by atoms with Crippen LogP contribution in [0.25, 0.3) is 0 Å². The van der Waals surface area contributed by atoms with Gasteiger partial charge in [0.2, 0.25) is 0 Å². The first-order valence-electron chi connectivity index (χ1n) is 4.63. The third-order valence-corrected chi connectivity index (χ3v) is 2.20. The Hall–Kier alpha value is -2.09. The number of benzene rings is 1. The molecule has 0 spiro atoms. The lowest BCUT2D eigenvalue weighted by Crippen LogP contribution is -2.32. The van der Waals surface area contributed by atoms with E-state index in [-0.39, 0.29) is 0 Å². The molecule has 0 aliphatic rings. The molecule has 0 aliphatic carbocycles. The van der Waals surface area contributed by atoms with Crippen LogP contribution < -0.4 is 5.73 Å². The van der Waals surface area contributed by atoms with Crippen molar-refractivity contribution in [1.82, 2.24) is 0 Å². The number of hydrogen-bond acceptors (Lipinski definition) is 3. The van der Waals surface area contributed by atoms with Gasteiger partial charge >= 0.3 is 11.9 Å². The van der Waals surface area contributed by atoms with Crippen molar-refractivity contribution >= 4 is 11.9 Å². The van der Waals surface area contributed by atoms with Crippen molar-refractivity contribution in [2.45, 2.75) is 12.5 Å². The zero-order valence-corrected chi connectivity index (χ0v) is 8.78. The highest BCUT2D eigenvalue weighted by Gasteiger charge is 2.25. The average molecular weight is 263 g/mol. The summed E-state index contributed by atoms with van der Waals surface area (Å²) >= 11 is 0. The SMILES string of the molecule is NC(Cc1cc(F)c(C(=O)O)c(F)c1F)C(=O)O. The van der Waals surface area contributed by atoms with Gasteiger partial charge in [-0.25, -0.2) is 18.0 Å². The predicted octanol–water partition coefficient (Wildman–Crippen LogP) is 0.757. The summed E-state index contributed by atoms with van der Waals surface area (Å²) in [5.41, 5.74) is 3.02. The molecule has 0 saturated carbocycles. The van der Waals surface area contributed by atoms with Gasteiger partial charge in [-0.3, -0.25) is 4.79 Å². The van der Waals surface area contributed by atoms with Crippen molar-refractivity contribution in [2.75, 3.05) is 0 Å². The zero-order chi connectivity index (χ0) is 14.0. The summed E-state index contributed by atoms with van der Waals surface area (Å²) in [6.45, 7) is 0. The molecule has 8 heteroatoms. The Kier molecular flexibility index (Phi) is 3.92. The van der Waals surface area contributed by atoms with Gasteiger partial charge in [-0.2, -0.15) is 0 Å². The van der Waals surface area contributed by atoms with E-state index in [2.05, 4.69) is 0 Å². The van der Waals surface area contributed by atoms with Crippen molar-refractivity contribution in [3.63, 3.8) is 0 Å². The molecule has 98 valence electrons. The van der Waals surface area contributed by atoms with Crippen molar-refractivity contribution in [1.29, 1.82) is 0 Å². The predicted molar refractivity (Wildman–Crippen MR) is 52.6 cm³/mol. The molecule has 0 radical (unpaired) electrons. The van der Waals surface area contributed by atoms with Gasteiger partial charge < -0.3 is 15.9 Å². The standard InChI is InChI=1S/C10H8F3NO4/c11-4-1-3(2-5(14)9(15)16)7(12)8(13)6(4)10(17)18/h1,5H,2,14H2,(H,15,16)(H,17,18). The number of halogens is 3. The fourth-order valence-corrected chi connectivity index (χ4v) is 1.31. The Balaban J connectivity index is 3.25. The molecule has 0 aliphatic heterocycles. The van der Waals surface area contributed by atoms with E-state index in [0.717, 1.165) is 0 Å². The first-order valence-corrected chi connectivity index (χ1v) is 4.63. The Morgan fingerprint density at radius 2 is 1.78 bits per heavy atom. The smallest absolute Gasteiger partial charge is 0.341 e. The molecule has 0 saturated heterocycles. The molecule has 0 heterocycles. The second-order valence-electron chi connectivity index (χ2n) is 3.47. The third-order valence-electron chi connectivity index (χ3n) is 2.20. The minimum atomic E-state index is -1.96. The summed E-state index contributed by atoms with van der Waals surface area (Å²) in [4.78, 5) is 20.9. The van der Waals surface area contributed by atoms with E-state index in [9.17, 15) is 22.8 Å². The van der Waals surface area contributed by atoms with Crippen molar-refractivity contribution < 1.29 is 33.0 Å². The number of rotatable bonds is 4. The molecular weight excluding hydrogens is 255 g/mol. The van der Waals surface area contributed by atoms with Gasteiger partial charge in [0.1, 0.15) is 17.4 Å². The molecule has 1 atom stereocenters. The van der Waals surface area contributed by atoms with Crippen molar-refractivity contribution in [3.8, 4) is 0 Å². The molecule has 0 aromatic heterocycles. The average Bonchev–Trinajstić information content (AvgIpc) is 2.24. The number of aromatic carboxylic acids is 1. The topological polar surface area (TPSA) is 101 Å². The molecule has 0 bridgehead atoms. The highest BCUT2D eigenvalue weighted by molar-refractivity contribution is 5.88. The highest BCUT2D eigenvalue weighted by atomic mass is 19.2. The zero-order valence-electron chi connectivity index (χ0n) is 8.78. The van der Waals surface area contributed by atoms with Crippen LogP contribution in [-0.4, -0.2) is 28.2 Å². The van der Waals surface area contributed by atoms with Crippen LogP contribution in [0.5, 0.6) is 0 Å². The van der Waals surface area contributed by atoms with E-state index in [4.69, 9.17) is 15.9 Å². The lowest BCUT2D eigenvalue weighted by Gasteiger charge is -2.10. The van der Waals surface area contributed by atoms with Crippen LogP contribution >= 0.6 is 0 Å². The number of nitrogens with two attached hydrogens (primary N) is 1. The maximum Gasteiger partial charge on any atom is 0.341 e. The summed E-state index contributed by atoms with van der Waals surface area (Å²) in [7, 11) is 0. The molecule has 5 nitrogen and oxygen atoms in total. The quantitative estimate of drug-likeness (QED) is 0.696. The van der Waals surface area contributed by atoms with E-state index in [1.165, 1.54) is 0 Å². The maximum absolute atomic E-state index is 13.4. The molecule has 1 aromatic rings. The summed E-state index contributed by atoms with van der Waals surface area (Å²) in [5.74, 6) is -8.43. The minimum absolute atomic E-state index is 0.421. The van der Waals surface area contributed by atoms with Gasteiger partial charge in [-0.05, 0) is 11.6 Å². The van der Waals surface area contributed by atoms with Crippen molar-refractivity contribution in [3.05, 3.63) is 34.6 Å². The lowest BCUT2D eigenvalue weighted by atomic mass is 10.0. The van der Waals surface area contributed by atoms with Crippen LogP contribution in [0.15, 0.2) is 6.07 Å². The van der Waals surface area contributed by atoms with Gasteiger partial charge in [-0.15, -0.1) is 0 Å². The fraction of sp³-hybridized carbons (Fsp3) is 0.200. The van der Waals surface area contributed by atoms with Crippen molar-refractivity contribution in [2.24, 2.45) is 5.73 Å². The second kappa shape index (κ2) is 5.05. The number of carboxylic acids is 2. The molecule has 4 N–H and O–H groups in total. The van der Waals surface area contributed by atoms with Gasteiger partial charge in [0.05, 0.1) is 0 Å². The van der Waals surface area contributed by atoms with Crippen LogP contribution in [0, 0.1) is 17.5 Å². The molecule has 18 heavy (non-hydrogen) atoms.